The van der Waals surface area contributed by atoms with E-state index in [1.807, 2.05) is 0 Å². The van der Waals surface area contributed by atoms with Gasteiger partial charge in [0.05, 0.1) is 13.2 Å². The van der Waals surface area contributed by atoms with Crippen LogP contribution in [0.15, 0.2) is 23.3 Å². The van der Waals surface area contributed by atoms with Crippen LogP contribution in [0.4, 0.5) is 0 Å². The molecule has 0 amide bonds. The van der Waals surface area contributed by atoms with Crippen molar-refractivity contribution in [1.29, 1.82) is 0 Å². The highest BCUT2D eigenvalue weighted by atomic mass is 16.5. The summed E-state index contributed by atoms with van der Waals surface area (Å²) < 4.78 is 10.7. The number of fused-ring (bicyclic) bond motifs is 3. The number of ether oxygens (including phenoxy) is 2. The Balaban J connectivity index is 1.64. The first-order chi connectivity index (χ1) is 9.74. The number of allylic oxidation sites excluding steroid dienone is 2. The number of carbonyl (C=O) groups excluding carboxylic acids is 2. The second kappa shape index (κ2) is 4.47. The first-order valence-electron chi connectivity index (χ1n) is 7.50. The molecule has 4 bridgehead atoms. The van der Waals surface area contributed by atoms with Crippen molar-refractivity contribution in [3.8, 4) is 0 Å². The molecule has 1 aliphatic heterocycles. The van der Waals surface area contributed by atoms with Crippen LogP contribution in [0.1, 0.15) is 25.7 Å². The monoisotopic (exact) mass is 274 g/mol. The number of hydrogen-bond acceptors (Lipinski definition) is 4. The maximum Gasteiger partial charge on any atom is 0.333 e. The van der Waals surface area contributed by atoms with Crippen molar-refractivity contribution in [3.05, 3.63) is 23.3 Å². The Morgan fingerprint density at radius 3 is 2.55 bits per heavy atom. The minimum atomic E-state index is -0.160. The Bertz CT molecular complexity index is 531. The lowest BCUT2D eigenvalue weighted by molar-refractivity contribution is -0.141. The Morgan fingerprint density at radius 2 is 1.75 bits per heavy atom. The molecule has 20 heavy (non-hydrogen) atoms. The minimum absolute atomic E-state index is 0.143. The molecule has 0 radical (unpaired) electrons. The van der Waals surface area contributed by atoms with Gasteiger partial charge in [0.15, 0.2) is 0 Å². The topological polar surface area (TPSA) is 52.6 Å². The second-order valence-electron chi connectivity index (χ2n) is 6.24. The highest BCUT2D eigenvalue weighted by molar-refractivity contribution is 5.92. The third-order valence-electron chi connectivity index (χ3n) is 5.18. The molecule has 0 spiro atoms. The second-order valence-corrected chi connectivity index (χ2v) is 6.24. The Labute approximate surface area is 117 Å². The van der Waals surface area contributed by atoms with Crippen LogP contribution < -0.4 is 0 Å². The van der Waals surface area contributed by atoms with E-state index in [4.69, 9.17) is 9.47 Å². The van der Waals surface area contributed by atoms with Crippen molar-refractivity contribution in [2.75, 3.05) is 13.2 Å². The minimum Gasteiger partial charge on any atom is -0.462 e. The number of hydrogen-bond donors (Lipinski definition) is 0. The van der Waals surface area contributed by atoms with Gasteiger partial charge >= 0.3 is 11.9 Å². The molecule has 4 nitrogen and oxygen atoms in total. The third-order valence-corrected chi connectivity index (χ3v) is 5.18. The van der Waals surface area contributed by atoms with E-state index in [0.717, 1.165) is 36.8 Å². The van der Waals surface area contributed by atoms with Crippen molar-refractivity contribution in [3.63, 3.8) is 0 Å². The lowest BCUT2D eigenvalue weighted by atomic mass is 9.81. The first kappa shape index (κ1) is 12.2. The van der Waals surface area contributed by atoms with Gasteiger partial charge in [0, 0.05) is 11.1 Å². The summed E-state index contributed by atoms with van der Waals surface area (Å²) in [6.07, 6.45) is 7.47. The van der Waals surface area contributed by atoms with Crippen LogP contribution in [-0.2, 0) is 19.1 Å². The maximum atomic E-state index is 12.1. The summed E-state index contributed by atoms with van der Waals surface area (Å²) in [5.74, 6) is 1.20. The molecule has 4 aliphatic rings. The SMILES string of the molecule is O=C1OCCCCOC(=O)C2=C[C@@H]3C[C@H]2[C@@H]2CC1=C[C@@H]23. The van der Waals surface area contributed by atoms with E-state index in [1.165, 1.54) is 0 Å². The van der Waals surface area contributed by atoms with E-state index in [0.29, 0.717) is 31.0 Å². The molecule has 2 fully saturated rings. The van der Waals surface area contributed by atoms with Crippen LogP contribution in [0.2, 0.25) is 0 Å². The van der Waals surface area contributed by atoms with Gasteiger partial charge in [-0.05, 0) is 49.4 Å². The van der Waals surface area contributed by atoms with Crippen molar-refractivity contribution in [2.45, 2.75) is 25.7 Å². The predicted molar refractivity (Wildman–Crippen MR) is 70.5 cm³/mol. The fourth-order valence-electron chi connectivity index (χ4n) is 4.26. The van der Waals surface area contributed by atoms with E-state index in [1.54, 1.807) is 0 Å². The normalized spacial score (nSPS) is 39.4. The van der Waals surface area contributed by atoms with Gasteiger partial charge in [-0.25, -0.2) is 9.59 Å². The molecule has 0 unspecified atom stereocenters. The molecular weight excluding hydrogens is 256 g/mol. The smallest absolute Gasteiger partial charge is 0.333 e. The van der Waals surface area contributed by atoms with Crippen molar-refractivity contribution in [2.24, 2.45) is 23.7 Å². The number of esters is 2. The fourth-order valence-corrected chi connectivity index (χ4v) is 4.26. The lowest BCUT2D eigenvalue weighted by Gasteiger charge is -2.23. The molecule has 1 heterocycles. The van der Waals surface area contributed by atoms with Crippen LogP contribution in [-0.4, -0.2) is 25.2 Å². The Kier molecular flexibility index (Phi) is 2.72. The summed E-state index contributed by atoms with van der Waals surface area (Å²) in [6, 6.07) is 0. The van der Waals surface area contributed by atoms with E-state index in [9.17, 15) is 9.59 Å². The van der Waals surface area contributed by atoms with E-state index < -0.39 is 0 Å². The Hall–Kier alpha value is -1.58. The maximum absolute atomic E-state index is 12.1. The molecule has 4 atom stereocenters. The predicted octanol–water partition coefficient (Wildman–Crippen LogP) is 2.01. The average molecular weight is 274 g/mol. The van der Waals surface area contributed by atoms with Crippen LogP contribution in [0.3, 0.4) is 0 Å². The summed E-state index contributed by atoms with van der Waals surface area (Å²) in [5, 5.41) is 0. The van der Waals surface area contributed by atoms with Crippen LogP contribution in [0, 0.1) is 23.7 Å². The molecule has 0 aromatic heterocycles. The van der Waals surface area contributed by atoms with E-state index in [-0.39, 0.29) is 17.9 Å². The van der Waals surface area contributed by atoms with Crippen molar-refractivity contribution >= 4 is 11.9 Å². The first-order valence-corrected chi connectivity index (χ1v) is 7.50. The van der Waals surface area contributed by atoms with Crippen LogP contribution >= 0.6 is 0 Å². The van der Waals surface area contributed by atoms with Crippen LogP contribution in [0.25, 0.3) is 0 Å². The number of carbonyl (C=O) groups is 2. The summed E-state index contributed by atoms with van der Waals surface area (Å²) in [4.78, 5) is 24.2. The molecular formula is C16H18O4. The molecule has 0 aromatic rings. The largest absolute Gasteiger partial charge is 0.462 e. The standard InChI is InChI=1S/C16H18O4/c17-15-10-7-11-9-5-13(12(11)8-10)14(6-9)16(18)20-4-2-1-3-19-15/h6-7,9,11-13H,1-5,8H2/t9-,11+,12+,13-/m0/s1. The van der Waals surface area contributed by atoms with Gasteiger partial charge in [-0.2, -0.15) is 0 Å². The molecule has 1 saturated carbocycles. The van der Waals surface area contributed by atoms with E-state index >= 15 is 0 Å². The highest BCUT2D eigenvalue weighted by Gasteiger charge is 2.52. The van der Waals surface area contributed by atoms with Crippen molar-refractivity contribution in [1.82, 2.24) is 0 Å². The molecule has 3 aliphatic carbocycles. The van der Waals surface area contributed by atoms with Crippen LogP contribution in [0.5, 0.6) is 0 Å². The summed E-state index contributed by atoms with van der Waals surface area (Å²) in [6.45, 7) is 0.834. The number of cyclic esters (lactones) is 2. The molecule has 106 valence electrons. The molecule has 4 rings (SSSR count). The summed E-state index contributed by atoms with van der Waals surface area (Å²) in [5.41, 5.74) is 1.68. The molecule has 0 N–H and O–H groups in total. The highest BCUT2D eigenvalue weighted by Crippen LogP contribution is 2.57. The number of rotatable bonds is 0. The third kappa shape index (κ3) is 1.74. The summed E-state index contributed by atoms with van der Waals surface area (Å²) in [7, 11) is 0. The zero-order chi connectivity index (χ0) is 13.7. The van der Waals surface area contributed by atoms with Gasteiger partial charge in [-0.3, -0.25) is 0 Å². The molecule has 4 heteroatoms. The molecule has 1 saturated heterocycles. The van der Waals surface area contributed by atoms with Gasteiger partial charge in [0.2, 0.25) is 0 Å². The summed E-state index contributed by atoms with van der Waals surface area (Å²) >= 11 is 0. The molecule has 0 aromatic carbocycles. The Morgan fingerprint density at radius 1 is 1.00 bits per heavy atom. The lowest BCUT2D eigenvalue weighted by Crippen LogP contribution is -2.22. The fraction of sp³-hybridized carbons (Fsp3) is 0.625. The van der Waals surface area contributed by atoms with Gasteiger partial charge < -0.3 is 9.47 Å². The zero-order valence-electron chi connectivity index (χ0n) is 11.3. The average Bonchev–Trinajstić information content (AvgIpc) is 3.10. The zero-order valence-corrected chi connectivity index (χ0v) is 11.3. The quantitative estimate of drug-likeness (QED) is 0.634. The van der Waals surface area contributed by atoms with E-state index in [2.05, 4.69) is 12.2 Å². The van der Waals surface area contributed by atoms with Gasteiger partial charge in [0.25, 0.3) is 0 Å². The van der Waals surface area contributed by atoms with Gasteiger partial charge in [-0.1, -0.05) is 12.2 Å². The van der Waals surface area contributed by atoms with Gasteiger partial charge in [0.1, 0.15) is 0 Å². The van der Waals surface area contributed by atoms with Crippen molar-refractivity contribution < 1.29 is 19.1 Å². The van der Waals surface area contributed by atoms with Gasteiger partial charge in [-0.15, -0.1) is 0 Å².